The third-order valence-corrected chi connectivity index (χ3v) is 7.43. The fraction of sp³-hybridized carbons (Fsp3) is 1.00. The van der Waals surface area contributed by atoms with Crippen LogP contribution in [0.2, 0.25) is 0 Å². The average Bonchev–Trinajstić information content (AvgIpc) is 2.63. The minimum Gasteiger partial charge on any atom is -0.756 e. The molecule has 0 heterocycles. The molecule has 0 aromatic carbocycles. The van der Waals surface area contributed by atoms with Crippen LogP contribution in [0.15, 0.2) is 0 Å². The SMILES string of the molecule is CCCCCCSSCCCCCC.COP(=O)([O-])OCOP(=O)([O-])OC. The van der Waals surface area contributed by atoms with Gasteiger partial charge in [-0.3, -0.25) is 18.2 Å². The van der Waals surface area contributed by atoms with Gasteiger partial charge in [0.1, 0.15) is 0 Å². The Morgan fingerprint density at radius 2 is 1.07 bits per heavy atom. The molecule has 2 atom stereocenters. The van der Waals surface area contributed by atoms with Gasteiger partial charge in [0.15, 0.2) is 6.79 Å². The highest BCUT2D eigenvalue weighted by atomic mass is 33.1. The summed E-state index contributed by atoms with van der Waals surface area (Å²) in [5.41, 5.74) is 0. The zero-order chi connectivity index (χ0) is 21.0. The van der Waals surface area contributed by atoms with Crippen molar-refractivity contribution in [1.82, 2.24) is 0 Å². The van der Waals surface area contributed by atoms with E-state index in [9.17, 15) is 18.9 Å². The van der Waals surface area contributed by atoms with Crippen molar-refractivity contribution >= 4 is 37.2 Å². The van der Waals surface area contributed by atoms with Gasteiger partial charge in [0.2, 0.25) is 0 Å². The van der Waals surface area contributed by atoms with E-state index in [1.807, 2.05) is 0 Å². The van der Waals surface area contributed by atoms with E-state index < -0.39 is 22.4 Å². The molecular weight excluding hydrogens is 434 g/mol. The molecule has 0 aromatic heterocycles. The molecule has 0 spiro atoms. The number of unbranched alkanes of at least 4 members (excludes halogenated alkanes) is 6. The highest BCUT2D eigenvalue weighted by Crippen LogP contribution is 2.41. The molecule has 0 radical (unpaired) electrons. The first-order valence-electron chi connectivity index (χ1n) is 9.01. The maximum absolute atomic E-state index is 10.4. The van der Waals surface area contributed by atoms with Crippen LogP contribution >= 0.6 is 37.2 Å². The summed E-state index contributed by atoms with van der Waals surface area (Å²) < 4.78 is 36.4. The molecule has 0 amide bonds. The van der Waals surface area contributed by atoms with E-state index in [1.165, 1.54) is 62.9 Å². The highest BCUT2D eigenvalue weighted by Gasteiger charge is 2.10. The van der Waals surface area contributed by atoms with Crippen LogP contribution in [-0.4, -0.2) is 32.5 Å². The quantitative estimate of drug-likeness (QED) is 0.128. The van der Waals surface area contributed by atoms with Crippen molar-refractivity contribution in [1.29, 1.82) is 0 Å². The lowest BCUT2D eigenvalue weighted by molar-refractivity contribution is -0.241. The summed E-state index contributed by atoms with van der Waals surface area (Å²) in [5.74, 6) is 2.72. The Bertz CT molecular complexity index is 379. The predicted octanol–water partition coefficient (Wildman–Crippen LogP) is 4.74. The predicted molar refractivity (Wildman–Crippen MR) is 109 cm³/mol. The maximum Gasteiger partial charge on any atom is 0.269 e. The number of phosphoric ester groups is 2. The van der Waals surface area contributed by atoms with Gasteiger partial charge in [-0.05, 0) is 12.8 Å². The second-order valence-corrected chi connectivity index (χ2v) is 11.1. The van der Waals surface area contributed by atoms with Gasteiger partial charge in [-0.1, -0.05) is 74.0 Å². The van der Waals surface area contributed by atoms with Crippen molar-refractivity contribution in [2.45, 2.75) is 65.2 Å². The molecule has 12 heteroatoms. The Labute approximate surface area is 172 Å². The zero-order valence-electron chi connectivity index (χ0n) is 16.8. The second kappa shape index (κ2) is 20.2. The zero-order valence-corrected chi connectivity index (χ0v) is 20.2. The van der Waals surface area contributed by atoms with E-state index in [0.29, 0.717) is 0 Å². The summed E-state index contributed by atoms with van der Waals surface area (Å²) in [5, 5.41) is 0. The Kier molecular flexibility index (Phi) is 22.5. The summed E-state index contributed by atoms with van der Waals surface area (Å²) in [7, 11) is -3.04. The largest absolute Gasteiger partial charge is 0.756 e. The highest BCUT2D eigenvalue weighted by molar-refractivity contribution is 8.76. The molecule has 0 fully saturated rings. The third kappa shape index (κ3) is 24.9. The summed E-state index contributed by atoms with van der Waals surface area (Å²) in [6.07, 6.45) is 11.2. The molecule has 0 aliphatic carbocycles. The van der Waals surface area contributed by atoms with E-state index in [4.69, 9.17) is 0 Å². The first-order chi connectivity index (χ1) is 12.7. The van der Waals surface area contributed by atoms with Crippen LogP contribution in [0, 0.1) is 0 Å². The fourth-order valence-corrected chi connectivity index (χ4v) is 4.50. The van der Waals surface area contributed by atoms with Gasteiger partial charge in [-0.25, -0.2) is 0 Å². The lowest BCUT2D eigenvalue weighted by Gasteiger charge is -2.24. The molecule has 8 nitrogen and oxygen atoms in total. The minimum atomic E-state index is -4.46. The molecule has 0 N–H and O–H groups in total. The van der Waals surface area contributed by atoms with Crippen LogP contribution < -0.4 is 9.79 Å². The Morgan fingerprint density at radius 1 is 0.704 bits per heavy atom. The lowest BCUT2D eigenvalue weighted by Crippen LogP contribution is -2.12. The van der Waals surface area contributed by atoms with E-state index in [1.54, 1.807) is 0 Å². The first-order valence-corrected chi connectivity index (χ1v) is 14.4. The van der Waals surface area contributed by atoms with Crippen molar-refractivity contribution in [2.75, 3.05) is 32.5 Å². The number of hydrogen-bond donors (Lipinski definition) is 0. The van der Waals surface area contributed by atoms with Gasteiger partial charge in [0, 0.05) is 25.7 Å². The summed E-state index contributed by atoms with van der Waals surface area (Å²) >= 11 is 0. The Balaban J connectivity index is 0. The van der Waals surface area contributed by atoms with E-state index in [-0.39, 0.29) is 0 Å². The van der Waals surface area contributed by atoms with Crippen molar-refractivity contribution in [3.63, 3.8) is 0 Å². The van der Waals surface area contributed by atoms with Crippen molar-refractivity contribution < 1.29 is 37.0 Å². The standard InChI is InChI=1S/C12H26S2.C3H10O8P2/c1-3-5-7-9-11-13-14-12-10-8-6-4-2;1-8-12(4,5)10-3-11-13(6,7)9-2/h3-12H2,1-2H3;3H2,1-2H3,(H,4,5)(H,6,7)/p-2. The number of rotatable bonds is 17. The van der Waals surface area contributed by atoms with Gasteiger partial charge in [0.05, 0.1) is 0 Å². The van der Waals surface area contributed by atoms with Crippen molar-refractivity contribution in [3.8, 4) is 0 Å². The number of hydrogen-bond acceptors (Lipinski definition) is 10. The van der Waals surface area contributed by atoms with Crippen molar-refractivity contribution in [3.05, 3.63) is 0 Å². The van der Waals surface area contributed by atoms with Crippen LogP contribution in [-0.2, 0) is 27.2 Å². The van der Waals surface area contributed by atoms with Gasteiger partial charge in [-0.15, -0.1) is 0 Å². The maximum atomic E-state index is 10.4. The molecule has 0 aliphatic rings. The van der Waals surface area contributed by atoms with Crippen LogP contribution in [0.4, 0.5) is 0 Å². The van der Waals surface area contributed by atoms with Crippen molar-refractivity contribution in [2.24, 2.45) is 0 Å². The molecular formula is C15H34O8P2S2-2. The summed E-state index contributed by atoms with van der Waals surface area (Å²) in [4.78, 5) is 20.9. The molecule has 0 saturated heterocycles. The van der Waals surface area contributed by atoms with Gasteiger partial charge >= 0.3 is 0 Å². The normalized spacial score (nSPS) is 15.5. The lowest BCUT2D eigenvalue weighted by atomic mass is 10.2. The van der Waals surface area contributed by atoms with Gasteiger partial charge in [0.25, 0.3) is 15.6 Å². The monoisotopic (exact) mass is 468 g/mol. The summed E-state index contributed by atoms with van der Waals surface area (Å²) in [6.45, 7) is 3.54. The van der Waals surface area contributed by atoms with Crippen LogP contribution in [0.25, 0.3) is 0 Å². The molecule has 27 heavy (non-hydrogen) atoms. The molecule has 0 saturated carbocycles. The van der Waals surface area contributed by atoms with Crippen LogP contribution in [0.1, 0.15) is 65.2 Å². The smallest absolute Gasteiger partial charge is 0.269 e. The Morgan fingerprint density at radius 3 is 1.37 bits per heavy atom. The molecule has 166 valence electrons. The van der Waals surface area contributed by atoms with Gasteiger partial charge in [-0.2, -0.15) is 0 Å². The molecule has 2 unspecified atom stereocenters. The van der Waals surface area contributed by atoms with E-state index in [0.717, 1.165) is 14.2 Å². The van der Waals surface area contributed by atoms with E-state index >= 15 is 0 Å². The van der Waals surface area contributed by atoms with Crippen LogP contribution in [0.5, 0.6) is 0 Å². The Hall–Kier alpha value is 0.920. The first kappa shape index (κ1) is 30.1. The fourth-order valence-electron chi connectivity index (χ4n) is 1.55. The average molecular weight is 469 g/mol. The molecule has 0 rings (SSSR count). The van der Waals surface area contributed by atoms with Gasteiger partial charge < -0.3 is 18.8 Å². The third-order valence-electron chi connectivity index (χ3n) is 3.11. The van der Waals surface area contributed by atoms with Crippen LogP contribution in [0.3, 0.4) is 0 Å². The molecule has 0 bridgehead atoms. The minimum absolute atomic E-state index is 0.862. The molecule has 0 aromatic rings. The second-order valence-electron chi connectivity index (χ2n) is 5.40. The topological polar surface area (TPSA) is 117 Å². The summed E-state index contributed by atoms with van der Waals surface area (Å²) in [6, 6.07) is 0. The molecule has 0 aliphatic heterocycles. The van der Waals surface area contributed by atoms with E-state index in [2.05, 4.69) is 53.5 Å². The number of phosphoric acid groups is 2.